The van der Waals surface area contributed by atoms with Gasteiger partial charge in [0, 0.05) is 24.6 Å². The smallest absolute Gasteiger partial charge is 0.265 e. The fourth-order valence-corrected chi connectivity index (χ4v) is 4.52. The molecule has 2 amide bonds. The number of aromatic nitrogens is 2. The van der Waals surface area contributed by atoms with Crippen molar-refractivity contribution in [3.8, 4) is 0 Å². The summed E-state index contributed by atoms with van der Waals surface area (Å²) in [6.45, 7) is 1.02. The van der Waals surface area contributed by atoms with E-state index in [0.717, 1.165) is 53.4 Å². The Bertz CT molecular complexity index is 1060. The van der Waals surface area contributed by atoms with Crippen molar-refractivity contribution in [3.63, 3.8) is 0 Å². The first-order valence-corrected chi connectivity index (χ1v) is 10.7. The number of thiophene rings is 1. The summed E-state index contributed by atoms with van der Waals surface area (Å²) in [5, 5.41) is 6.56. The molecule has 1 aliphatic carbocycles. The van der Waals surface area contributed by atoms with Crippen LogP contribution in [0.3, 0.4) is 0 Å². The Morgan fingerprint density at radius 2 is 1.96 bits per heavy atom. The number of anilines is 2. The molecular formula is C21H22N4O2S. The summed E-state index contributed by atoms with van der Waals surface area (Å²) in [7, 11) is 0. The minimum Gasteiger partial charge on any atom is -0.328 e. The number of nitrogens with zero attached hydrogens (tertiary/aromatic N) is 2. The van der Waals surface area contributed by atoms with Crippen molar-refractivity contribution in [3.05, 3.63) is 41.0 Å². The maximum atomic E-state index is 12.6. The van der Waals surface area contributed by atoms with Crippen LogP contribution in [0.25, 0.3) is 11.0 Å². The van der Waals surface area contributed by atoms with Crippen molar-refractivity contribution in [2.45, 2.75) is 45.1 Å². The zero-order chi connectivity index (χ0) is 19.1. The molecule has 1 fully saturated rings. The molecule has 144 valence electrons. The highest BCUT2D eigenvalue weighted by molar-refractivity contribution is 7.18. The Balaban J connectivity index is 1.31. The van der Waals surface area contributed by atoms with E-state index in [2.05, 4.69) is 15.2 Å². The molecule has 0 spiro atoms. The van der Waals surface area contributed by atoms with Crippen molar-refractivity contribution in [1.82, 2.24) is 9.55 Å². The summed E-state index contributed by atoms with van der Waals surface area (Å²) in [5.74, 6) is 1.18. The Morgan fingerprint density at radius 3 is 2.82 bits per heavy atom. The van der Waals surface area contributed by atoms with E-state index in [1.54, 1.807) is 12.1 Å². The minimum atomic E-state index is -0.169. The third-order valence-corrected chi connectivity index (χ3v) is 6.39. The predicted octanol–water partition coefficient (Wildman–Crippen LogP) is 4.43. The summed E-state index contributed by atoms with van der Waals surface area (Å²) < 4.78 is 2.31. The van der Waals surface area contributed by atoms with E-state index in [1.165, 1.54) is 30.6 Å². The molecular weight excluding hydrogens is 372 g/mol. The standard InChI is InChI=1S/C21H22N4O2S/c26-20(13-5-6-13)24-19-10-9-17(28-19)21(27)22-14-7-8-16-15(12-14)23-18-4-2-1-3-11-25(16)18/h7-10,12-13H,1-6,11H2,(H,22,27)(H,24,26). The Morgan fingerprint density at radius 1 is 1.07 bits per heavy atom. The lowest BCUT2D eigenvalue weighted by molar-refractivity contribution is -0.117. The van der Waals surface area contributed by atoms with Gasteiger partial charge in [0.25, 0.3) is 5.91 Å². The second kappa shape index (κ2) is 7.05. The molecule has 0 radical (unpaired) electrons. The van der Waals surface area contributed by atoms with Gasteiger partial charge in [-0.1, -0.05) is 6.42 Å². The number of aryl methyl sites for hydroxylation is 2. The molecule has 2 aromatic heterocycles. The van der Waals surface area contributed by atoms with Crippen molar-refractivity contribution in [2.75, 3.05) is 10.6 Å². The molecule has 1 aromatic carbocycles. The maximum absolute atomic E-state index is 12.6. The van der Waals surface area contributed by atoms with Crippen LogP contribution in [0.5, 0.6) is 0 Å². The Kier molecular flexibility index (Phi) is 4.39. The van der Waals surface area contributed by atoms with Crippen LogP contribution in [0.15, 0.2) is 30.3 Å². The predicted molar refractivity (Wildman–Crippen MR) is 111 cm³/mol. The summed E-state index contributed by atoms with van der Waals surface area (Å²) in [4.78, 5) is 29.8. The topological polar surface area (TPSA) is 76.0 Å². The zero-order valence-corrected chi connectivity index (χ0v) is 16.3. The third-order valence-electron chi connectivity index (χ3n) is 5.39. The number of carbonyl (C=O) groups excluding carboxylic acids is 2. The van der Waals surface area contributed by atoms with Crippen LogP contribution < -0.4 is 10.6 Å². The lowest BCUT2D eigenvalue weighted by Gasteiger charge is -2.06. The molecule has 2 aliphatic rings. The number of hydrogen-bond acceptors (Lipinski definition) is 4. The van der Waals surface area contributed by atoms with Gasteiger partial charge in [0.2, 0.25) is 5.91 Å². The van der Waals surface area contributed by atoms with Crippen LogP contribution in [0.2, 0.25) is 0 Å². The van der Waals surface area contributed by atoms with E-state index in [1.807, 2.05) is 18.2 Å². The summed E-state index contributed by atoms with van der Waals surface area (Å²) in [5.41, 5.74) is 2.80. The number of imidazole rings is 1. The number of amides is 2. The third kappa shape index (κ3) is 3.42. The number of rotatable bonds is 4. The number of carbonyl (C=O) groups is 2. The van der Waals surface area contributed by atoms with Crippen molar-refractivity contribution in [1.29, 1.82) is 0 Å². The van der Waals surface area contributed by atoms with Gasteiger partial charge in [0.15, 0.2) is 0 Å². The van der Waals surface area contributed by atoms with Crippen LogP contribution in [0, 0.1) is 5.92 Å². The highest BCUT2D eigenvalue weighted by atomic mass is 32.1. The average molecular weight is 395 g/mol. The van der Waals surface area contributed by atoms with Gasteiger partial charge in [0.05, 0.1) is 20.9 Å². The molecule has 0 unspecified atom stereocenters. The second-order valence-electron chi connectivity index (χ2n) is 7.58. The molecule has 0 bridgehead atoms. The highest BCUT2D eigenvalue weighted by Crippen LogP contribution is 2.32. The van der Waals surface area contributed by atoms with Crippen molar-refractivity contribution >= 4 is 44.9 Å². The van der Waals surface area contributed by atoms with Crippen molar-refractivity contribution < 1.29 is 9.59 Å². The first-order valence-electron chi connectivity index (χ1n) is 9.88. The molecule has 5 rings (SSSR count). The van der Waals surface area contributed by atoms with Gasteiger partial charge in [0.1, 0.15) is 5.82 Å². The fourth-order valence-electron chi connectivity index (χ4n) is 3.72. The van der Waals surface area contributed by atoms with Gasteiger partial charge in [-0.2, -0.15) is 0 Å². The SMILES string of the molecule is O=C(Nc1ccc2c(c1)nc1n2CCCCC1)c1ccc(NC(=O)C2CC2)s1. The van der Waals surface area contributed by atoms with Crippen LogP contribution in [0.4, 0.5) is 10.7 Å². The van der Waals surface area contributed by atoms with Crippen molar-refractivity contribution in [2.24, 2.45) is 5.92 Å². The van der Waals surface area contributed by atoms with E-state index < -0.39 is 0 Å². The van der Waals surface area contributed by atoms with Gasteiger partial charge in [-0.15, -0.1) is 11.3 Å². The zero-order valence-electron chi connectivity index (χ0n) is 15.5. The minimum absolute atomic E-state index is 0.0545. The number of fused-ring (bicyclic) bond motifs is 3. The molecule has 7 heteroatoms. The highest BCUT2D eigenvalue weighted by Gasteiger charge is 2.29. The van der Waals surface area contributed by atoms with E-state index >= 15 is 0 Å². The van der Waals surface area contributed by atoms with E-state index in [0.29, 0.717) is 4.88 Å². The molecule has 1 aliphatic heterocycles. The number of benzene rings is 1. The molecule has 6 nitrogen and oxygen atoms in total. The van der Waals surface area contributed by atoms with Crippen LogP contribution in [0.1, 0.15) is 47.6 Å². The lowest BCUT2D eigenvalue weighted by Crippen LogP contribution is -2.12. The molecule has 1 saturated carbocycles. The molecule has 3 heterocycles. The Hall–Kier alpha value is -2.67. The van der Waals surface area contributed by atoms with Gasteiger partial charge in [-0.3, -0.25) is 9.59 Å². The van der Waals surface area contributed by atoms with Gasteiger partial charge < -0.3 is 15.2 Å². The van der Waals surface area contributed by atoms with Gasteiger partial charge >= 0.3 is 0 Å². The monoisotopic (exact) mass is 394 g/mol. The summed E-state index contributed by atoms with van der Waals surface area (Å²) in [6.07, 6.45) is 6.57. The van der Waals surface area contributed by atoms with Crippen LogP contribution >= 0.6 is 11.3 Å². The first kappa shape index (κ1) is 17.4. The Labute approximate surface area is 167 Å². The number of hydrogen-bond donors (Lipinski definition) is 2. The van der Waals surface area contributed by atoms with E-state index in [-0.39, 0.29) is 17.7 Å². The molecule has 3 aromatic rings. The van der Waals surface area contributed by atoms with E-state index in [9.17, 15) is 9.59 Å². The molecule has 2 N–H and O–H groups in total. The van der Waals surface area contributed by atoms with Gasteiger partial charge in [-0.25, -0.2) is 4.98 Å². The lowest BCUT2D eigenvalue weighted by atomic mass is 10.2. The van der Waals surface area contributed by atoms with Crippen LogP contribution in [-0.2, 0) is 17.8 Å². The fraction of sp³-hybridized carbons (Fsp3) is 0.381. The first-order chi connectivity index (χ1) is 13.7. The quantitative estimate of drug-likeness (QED) is 0.687. The maximum Gasteiger partial charge on any atom is 0.265 e. The average Bonchev–Trinajstić information content (AvgIpc) is 3.40. The summed E-state index contributed by atoms with van der Waals surface area (Å²) in [6, 6.07) is 9.46. The molecule has 0 atom stereocenters. The molecule has 28 heavy (non-hydrogen) atoms. The van der Waals surface area contributed by atoms with Crippen LogP contribution in [-0.4, -0.2) is 21.4 Å². The number of nitrogens with one attached hydrogen (secondary N) is 2. The van der Waals surface area contributed by atoms with Gasteiger partial charge in [-0.05, 0) is 56.0 Å². The second-order valence-corrected chi connectivity index (χ2v) is 8.66. The largest absolute Gasteiger partial charge is 0.328 e. The van der Waals surface area contributed by atoms with E-state index in [4.69, 9.17) is 4.98 Å². The normalized spacial score (nSPS) is 16.4. The summed E-state index contributed by atoms with van der Waals surface area (Å²) >= 11 is 1.30. The molecule has 0 saturated heterocycles.